The van der Waals surface area contributed by atoms with Crippen LogP contribution >= 0.6 is 11.8 Å². The van der Waals surface area contributed by atoms with Gasteiger partial charge < -0.3 is 9.88 Å². The number of hydrogen-bond acceptors (Lipinski definition) is 6. The van der Waals surface area contributed by atoms with Gasteiger partial charge in [0.05, 0.1) is 9.83 Å². The molecule has 0 atom stereocenters. The van der Waals surface area contributed by atoms with Gasteiger partial charge in [0.2, 0.25) is 5.91 Å². The standard InChI is InChI=1S/C29H24N4O5S/c1-18-11-19(2)13-22(12-18)30-27(34)17-32-28(35)26(39-29(32)36)14-21-16-31(25-6-4-3-5-24(21)25)15-20-7-9-23(10-8-20)33(37)38/h3-14,16H,15,17H2,1-2H3,(H,30,34)/b26-14-. The molecule has 3 amide bonds. The van der Waals surface area contributed by atoms with E-state index in [9.17, 15) is 24.5 Å². The summed E-state index contributed by atoms with van der Waals surface area (Å²) in [6, 6.07) is 19.6. The molecule has 0 aliphatic carbocycles. The van der Waals surface area contributed by atoms with E-state index in [2.05, 4.69) is 5.32 Å². The molecule has 2 heterocycles. The van der Waals surface area contributed by atoms with Gasteiger partial charge in [0.1, 0.15) is 6.54 Å². The minimum atomic E-state index is -0.521. The zero-order valence-electron chi connectivity index (χ0n) is 21.2. The van der Waals surface area contributed by atoms with Crippen LogP contribution in [0.1, 0.15) is 22.3 Å². The molecule has 0 saturated carbocycles. The lowest BCUT2D eigenvalue weighted by atomic mass is 10.1. The number of para-hydroxylation sites is 1. The van der Waals surface area contributed by atoms with Crippen LogP contribution in [0.25, 0.3) is 17.0 Å². The summed E-state index contributed by atoms with van der Waals surface area (Å²) < 4.78 is 1.99. The van der Waals surface area contributed by atoms with Gasteiger partial charge in [0.15, 0.2) is 0 Å². The van der Waals surface area contributed by atoms with Crippen LogP contribution in [0.3, 0.4) is 0 Å². The van der Waals surface area contributed by atoms with Crippen molar-refractivity contribution < 1.29 is 19.3 Å². The van der Waals surface area contributed by atoms with Crippen molar-refractivity contribution in [2.75, 3.05) is 11.9 Å². The molecule has 0 spiro atoms. The highest BCUT2D eigenvalue weighted by Gasteiger charge is 2.36. The minimum Gasteiger partial charge on any atom is -0.342 e. The summed E-state index contributed by atoms with van der Waals surface area (Å²) >= 11 is 0.801. The van der Waals surface area contributed by atoms with E-state index in [1.54, 1.807) is 18.2 Å². The lowest BCUT2D eigenvalue weighted by molar-refractivity contribution is -0.384. The van der Waals surface area contributed by atoms with Crippen molar-refractivity contribution in [1.82, 2.24) is 9.47 Å². The molecule has 39 heavy (non-hydrogen) atoms. The molecular formula is C29H24N4O5S. The first-order valence-corrected chi connectivity index (χ1v) is 12.9. The highest BCUT2D eigenvalue weighted by molar-refractivity contribution is 8.18. The molecule has 1 aromatic heterocycles. The highest BCUT2D eigenvalue weighted by Crippen LogP contribution is 2.34. The van der Waals surface area contributed by atoms with Crippen molar-refractivity contribution in [2.45, 2.75) is 20.4 Å². The third kappa shape index (κ3) is 5.60. The minimum absolute atomic E-state index is 0.0233. The Bertz CT molecular complexity index is 1650. The van der Waals surface area contributed by atoms with E-state index >= 15 is 0 Å². The smallest absolute Gasteiger partial charge is 0.294 e. The summed E-state index contributed by atoms with van der Waals surface area (Å²) in [5.74, 6) is -0.976. The van der Waals surface area contributed by atoms with Crippen molar-refractivity contribution in [3.63, 3.8) is 0 Å². The summed E-state index contributed by atoms with van der Waals surface area (Å²) in [4.78, 5) is 50.1. The Morgan fingerprint density at radius 2 is 1.72 bits per heavy atom. The maximum atomic E-state index is 13.1. The number of imide groups is 1. The first-order chi connectivity index (χ1) is 18.7. The third-order valence-electron chi connectivity index (χ3n) is 6.29. The first kappa shape index (κ1) is 25.9. The Balaban J connectivity index is 1.36. The van der Waals surface area contributed by atoms with Crippen LogP contribution in [0.2, 0.25) is 0 Å². The highest BCUT2D eigenvalue weighted by atomic mass is 32.2. The molecular weight excluding hydrogens is 516 g/mol. The quantitative estimate of drug-likeness (QED) is 0.178. The zero-order valence-corrected chi connectivity index (χ0v) is 22.0. The van der Waals surface area contributed by atoms with E-state index in [1.165, 1.54) is 12.1 Å². The van der Waals surface area contributed by atoms with Gasteiger partial charge in [-0.05, 0) is 66.6 Å². The van der Waals surface area contributed by atoms with Crippen molar-refractivity contribution in [2.24, 2.45) is 0 Å². The fourth-order valence-electron chi connectivity index (χ4n) is 4.61. The van der Waals surface area contributed by atoms with Crippen LogP contribution in [-0.2, 0) is 16.1 Å². The molecule has 3 aromatic carbocycles. The van der Waals surface area contributed by atoms with Crippen LogP contribution in [0.5, 0.6) is 0 Å². The van der Waals surface area contributed by atoms with Gasteiger partial charge in [-0.1, -0.05) is 36.4 Å². The van der Waals surface area contributed by atoms with Crippen LogP contribution in [0.15, 0.2) is 77.8 Å². The summed E-state index contributed by atoms with van der Waals surface area (Å²) in [5, 5.41) is 14.1. The maximum Gasteiger partial charge on any atom is 0.294 e. The monoisotopic (exact) mass is 540 g/mol. The second kappa shape index (κ2) is 10.6. The van der Waals surface area contributed by atoms with E-state index < -0.39 is 22.0 Å². The average molecular weight is 541 g/mol. The first-order valence-electron chi connectivity index (χ1n) is 12.1. The number of benzene rings is 3. The Kier molecular flexibility index (Phi) is 7.03. The SMILES string of the molecule is Cc1cc(C)cc(NC(=O)CN2C(=O)S/C(=C\c3cn(Cc4ccc([N+](=O)[O-])cc4)c4ccccc34)C2=O)c1. The molecule has 1 N–H and O–H groups in total. The molecule has 196 valence electrons. The molecule has 9 nitrogen and oxygen atoms in total. The number of amides is 3. The van der Waals surface area contributed by atoms with Crippen molar-refractivity contribution in [3.05, 3.63) is 110 Å². The Labute approximate surface area is 228 Å². The van der Waals surface area contributed by atoms with E-state index in [0.717, 1.165) is 49.8 Å². The van der Waals surface area contributed by atoms with E-state index in [-0.39, 0.29) is 17.1 Å². The van der Waals surface area contributed by atoms with Crippen molar-refractivity contribution >= 4 is 57.2 Å². The van der Waals surface area contributed by atoms with Crippen LogP contribution in [-0.4, -0.2) is 38.0 Å². The predicted octanol–water partition coefficient (Wildman–Crippen LogP) is 5.89. The number of carbonyl (C=O) groups excluding carboxylic acids is 3. The number of nitro benzene ring substituents is 1. The van der Waals surface area contributed by atoms with Crippen molar-refractivity contribution in [3.8, 4) is 0 Å². The molecule has 1 aliphatic heterocycles. The topological polar surface area (TPSA) is 115 Å². The number of nitro groups is 1. The third-order valence-corrected chi connectivity index (χ3v) is 7.19. The molecule has 1 fully saturated rings. The van der Waals surface area contributed by atoms with Gasteiger partial charge >= 0.3 is 0 Å². The van der Waals surface area contributed by atoms with Gasteiger partial charge in [-0.3, -0.25) is 29.4 Å². The number of non-ortho nitro benzene ring substituents is 1. The van der Waals surface area contributed by atoms with Gasteiger partial charge in [0.25, 0.3) is 16.8 Å². The molecule has 1 saturated heterocycles. The summed E-state index contributed by atoms with van der Waals surface area (Å²) in [5.41, 5.74) is 5.16. The van der Waals surface area contributed by atoms with Gasteiger partial charge in [-0.2, -0.15) is 0 Å². The Morgan fingerprint density at radius 1 is 1.03 bits per heavy atom. The molecule has 0 unspecified atom stereocenters. The van der Waals surface area contributed by atoms with Crippen LogP contribution in [0, 0.1) is 24.0 Å². The van der Waals surface area contributed by atoms with Crippen LogP contribution < -0.4 is 5.32 Å². The molecule has 1 aliphatic rings. The van der Waals surface area contributed by atoms with E-state index in [0.29, 0.717) is 12.2 Å². The lowest BCUT2D eigenvalue weighted by Gasteiger charge is -2.13. The summed E-state index contributed by atoms with van der Waals surface area (Å²) in [6.07, 6.45) is 3.55. The van der Waals surface area contributed by atoms with E-state index in [1.807, 2.05) is 67.1 Å². The fraction of sp³-hybridized carbons (Fsp3) is 0.138. The zero-order chi connectivity index (χ0) is 27.7. The number of nitrogens with one attached hydrogen (secondary N) is 1. The van der Waals surface area contributed by atoms with E-state index in [4.69, 9.17) is 0 Å². The number of nitrogens with zero attached hydrogens (tertiary/aromatic N) is 3. The summed E-state index contributed by atoms with van der Waals surface area (Å²) in [6.45, 7) is 3.93. The number of thioether (sulfide) groups is 1. The molecule has 5 rings (SSSR count). The number of aromatic nitrogens is 1. The molecule has 10 heteroatoms. The Hall–Kier alpha value is -4.70. The molecule has 0 radical (unpaired) electrons. The maximum absolute atomic E-state index is 13.1. The van der Waals surface area contributed by atoms with Gasteiger partial charge in [0, 0.05) is 47.0 Å². The average Bonchev–Trinajstić information content (AvgIpc) is 3.35. The number of hydrogen-bond donors (Lipinski definition) is 1. The number of rotatable bonds is 7. The normalized spacial score (nSPS) is 14.4. The van der Waals surface area contributed by atoms with Crippen LogP contribution in [0.4, 0.5) is 16.2 Å². The fourth-order valence-corrected chi connectivity index (χ4v) is 5.44. The number of anilines is 1. The predicted molar refractivity (Wildman–Crippen MR) is 151 cm³/mol. The molecule has 4 aromatic rings. The largest absolute Gasteiger partial charge is 0.342 e. The Morgan fingerprint density at radius 3 is 2.41 bits per heavy atom. The molecule has 0 bridgehead atoms. The lowest BCUT2D eigenvalue weighted by Crippen LogP contribution is -2.36. The number of fused-ring (bicyclic) bond motifs is 1. The van der Waals surface area contributed by atoms with Gasteiger partial charge in [-0.25, -0.2) is 0 Å². The second-order valence-electron chi connectivity index (χ2n) is 9.35. The summed E-state index contributed by atoms with van der Waals surface area (Å²) in [7, 11) is 0. The van der Waals surface area contributed by atoms with Gasteiger partial charge in [-0.15, -0.1) is 0 Å². The number of aryl methyl sites for hydroxylation is 2. The van der Waals surface area contributed by atoms with Crippen molar-refractivity contribution in [1.29, 1.82) is 0 Å². The number of carbonyl (C=O) groups is 3. The second-order valence-corrected chi connectivity index (χ2v) is 10.3.